The first-order chi connectivity index (χ1) is 9.52. The van der Waals surface area contributed by atoms with Gasteiger partial charge in [-0.05, 0) is 24.3 Å². The van der Waals surface area contributed by atoms with Crippen LogP contribution in [0.5, 0.6) is 0 Å². The summed E-state index contributed by atoms with van der Waals surface area (Å²) >= 11 is 0. The maximum absolute atomic E-state index is 12.6. The van der Waals surface area contributed by atoms with Crippen LogP contribution in [0.15, 0.2) is 58.3 Å². The molecule has 20 heavy (non-hydrogen) atoms. The average Bonchev–Trinajstić information content (AvgIpc) is 2.46. The number of nitrogens with two attached hydrogens (primary N) is 2. The molecule has 5 nitrogen and oxygen atoms in total. The van der Waals surface area contributed by atoms with Crippen molar-refractivity contribution in [2.45, 2.75) is 9.79 Å². The van der Waals surface area contributed by atoms with E-state index in [1.54, 1.807) is 24.3 Å². The summed E-state index contributed by atoms with van der Waals surface area (Å²) in [5, 5.41) is 0. The fourth-order valence-electron chi connectivity index (χ4n) is 1.78. The zero-order valence-corrected chi connectivity index (χ0v) is 11.2. The van der Waals surface area contributed by atoms with Gasteiger partial charge in [-0.1, -0.05) is 24.3 Å². The predicted octanol–water partition coefficient (Wildman–Crippen LogP) is 1.05. The lowest BCUT2D eigenvalue weighted by Crippen LogP contribution is -2.17. The van der Waals surface area contributed by atoms with Crippen molar-refractivity contribution >= 4 is 22.6 Å². The summed E-state index contributed by atoms with van der Waals surface area (Å²) in [7, 11) is -1.71. The molecule has 4 N–H and O–H groups in total. The topological polar surface area (TPSA) is 103 Å². The van der Waals surface area contributed by atoms with Crippen molar-refractivity contribution in [3.05, 3.63) is 59.7 Å². The van der Waals surface area contributed by atoms with Gasteiger partial charge in [0.2, 0.25) is 11.8 Å². The van der Waals surface area contributed by atoms with Crippen LogP contribution in [-0.4, -0.2) is 16.0 Å². The summed E-state index contributed by atoms with van der Waals surface area (Å²) in [6.07, 6.45) is 0. The number of hydrogen-bond donors (Lipinski definition) is 2. The van der Waals surface area contributed by atoms with E-state index in [9.17, 15) is 13.8 Å². The average molecular weight is 288 g/mol. The minimum absolute atomic E-state index is 0.158. The highest BCUT2D eigenvalue weighted by Gasteiger charge is 2.19. The Kier molecular flexibility index (Phi) is 3.95. The van der Waals surface area contributed by atoms with Gasteiger partial charge in [0, 0.05) is 0 Å². The number of hydrogen-bond acceptors (Lipinski definition) is 3. The molecule has 0 fully saturated rings. The van der Waals surface area contributed by atoms with Crippen LogP contribution >= 0.6 is 0 Å². The van der Waals surface area contributed by atoms with E-state index in [-0.39, 0.29) is 20.9 Å². The Bertz CT molecular complexity index is 654. The van der Waals surface area contributed by atoms with Gasteiger partial charge in [-0.15, -0.1) is 0 Å². The van der Waals surface area contributed by atoms with Gasteiger partial charge in [0.1, 0.15) is 0 Å². The Morgan fingerprint density at radius 3 is 1.45 bits per heavy atom. The minimum atomic E-state index is -1.71. The molecule has 0 heterocycles. The van der Waals surface area contributed by atoms with Crippen molar-refractivity contribution < 1.29 is 13.8 Å². The van der Waals surface area contributed by atoms with E-state index in [1.807, 2.05) is 0 Å². The fraction of sp³-hybridized carbons (Fsp3) is 0. The molecule has 0 aliphatic carbocycles. The normalized spacial score (nSPS) is 10.4. The van der Waals surface area contributed by atoms with Gasteiger partial charge < -0.3 is 11.5 Å². The van der Waals surface area contributed by atoms with Crippen LogP contribution < -0.4 is 11.5 Å². The number of rotatable bonds is 4. The standard InChI is InChI=1S/C14H12N2O3S/c15-13(17)9-5-1-3-7-11(9)20(19)12-8-4-2-6-10(12)14(16)18/h1-8H,(H2,15,17)(H2,16,18). The van der Waals surface area contributed by atoms with Crippen LogP contribution in [0.3, 0.4) is 0 Å². The molecule has 2 aromatic rings. The Balaban J connectivity index is 2.59. The molecule has 6 heteroatoms. The quantitative estimate of drug-likeness (QED) is 0.878. The van der Waals surface area contributed by atoms with Crippen LogP contribution in [0.1, 0.15) is 20.7 Å². The van der Waals surface area contributed by atoms with Gasteiger partial charge in [-0.3, -0.25) is 9.59 Å². The van der Waals surface area contributed by atoms with Crippen molar-refractivity contribution in [1.82, 2.24) is 0 Å². The van der Waals surface area contributed by atoms with Crippen LogP contribution in [0.2, 0.25) is 0 Å². The molecule has 2 amide bonds. The van der Waals surface area contributed by atoms with E-state index in [1.165, 1.54) is 24.3 Å². The zero-order valence-electron chi connectivity index (χ0n) is 10.4. The lowest BCUT2D eigenvalue weighted by Gasteiger charge is -2.09. The Morgan fingerprint density at radius 1 is 0.750 bits per heavy atom. The fourth-order valence-corrected chi connectivity index (χ4v) is 3.16. The molecule has 0 aliphatic heterocycles. The molecule has 0 aromatic heterocycles. The van der Waals surface area contributed by atoms with Crippen LogP contribution in [0.25, 0.3) is 0 Å². The molecular formula is C14H12N2O3S. The second kappa shape index (κ2) is 5.66. The van der Waals surface area contributed by atoms with Crippen molar-refractivity contribution in [3.63, 3.8) is 0 Å². The molecule has 2 aromatic carbocycles. The number of carbonyl (C=O) groups is 2. The van der Waals surface area contributed by atoms with E-state index >= 15 is 0 Å². The third-order valence-electron chi connectivity index (χ3n) is 2.70. The minimum Gasteiger partial charge on any atom is -0.366 e. The molecule has 102 valence electrons. The lowest BCUT2D eigenvalue weighted by molar-refractivity contribution is 0.0989. The summed E-state index contributed by atoms with van der Waals surface area (Å²) < 4.78 is 12.6. The molecule has 2 rings (SSSR count). The molecule has 0 radical (unpaired) electrons. The van der Waals surface area contributed by atoms with Gasteiger partial charge in [0.05, 0.1) is 31.7 Å². The van der Waals surface area contributed by atoms with Crippen molar-refractivity contribution in [3.8, 4) is 0 Å². The van der Waals surface area contributed by atoms with Gasteiger partial charge >= 0.3 is 0 Å². The van der Waals surface area contributed by atoms with Crippen LogP contribution in [0.4, 0.5) is 0 Å². The highest BCUT2D eigenvalue weighted by atomic mass is 32.2. The van der Waals surface area contributed by atoms with E-state index in [4.69, 9.17) is 11.5 Å². The Hall–Kier alpha value is -2.47. The molecule has 0 saturated carbocycles. The van der Waals surface area contributed by atoms with Crippen molar-refractivity contribution in [1.29, 1.82) is 0 Å². The van der Waals surface area contributed by atoms with E-state index in [0.717, 1.165) is 0 Å². The summed E-state index contributed by atoms with van der Waals surface area (Å²) in [6, 6.07) is 12.6. The van der Waals surface area contributed by atoms with Gasteiger partial charge in [0.15, 0.2) is 0 Å². The number of amides is 2. The second-order valence-electron chi connectivity index (χ2n) is 3.99. The smallest absolute Gasteiger partial charge is 0.249 e. The summed E-state index contributed by atoms with van der Waals surface area (Å²) in [6.45, 7) is 0. The summed E-state index contributed by atoms with van der Waals surface area (Å²) in [4.78, 5) is 23.3. The maximum atomic E-state index is 12.6. The maximum Gasteiger partial charge on any atom is 0.249 e. The largest absolute Gasteiger partial charge is 0.366 e. The SMILES string of the molecule is NC(=O)c1ccccc1S(=O)c1ccccc1C(N)=O. The molecule has 0 spiro atoms. The molecule has 0 saturated heterocycles. The highest BCUT2D eigenvalue weighted by Crippen LogP contribution is 2.22. The molecule has 0 aliphatic rings. The molecule has 0 atom stereocenters. The van der Waals surface area contributed by atoms with Crippen molar-refractivity contribution in [2.24, 2.45) is 11.5 Å². The van der Waals surface area contributed by atoms with E-state index in [2.05, 4.69) is 0 Å². The Morgan fingerprint density at radius 2 is 1.10 bits per heavy atom. The van der Waals surface area contributed by atoms with Crippen LogP contribution in [0, 0.1) is 0 Å². The Labute approximate surface area is 118 Å². The third-order valence-corrected chi connectivity index (χ3v) is 4.22. The first-order valence-electron chi connectivity index (χ1n) is 5.72. The second-order valence-corrected chi connectivity index (χ2v) is 5.41. The number of primary amides is 2. The first-order valence-corrected chi connectivity index (χ1v) is 6.87. The van der Waals surface area contributed by atoms with Crippen molar-refractivity contribution in [2.75, 3.05) is 0 Å². The molecule has 0 unspecified atom stereocenters. The summed E-state index contributed by atoms with van der Waals surface area (Å²) in [5.74, 6) is -1.35. The zero-order chi connectivity index (χ0) is 14.7. The predicted molar refractivity (Wildman–Crippen MR) is 74.6 cm³/mol. The highest BCUT2D eigenvalue weighted by molar-refractivity contribution is 7.85. The number of benzene rings is 2. The van der Waals surface area contributed by atoms with E-state index in [0.29, 0.717) is 0 Å². The van der Waals surface area contributed by atoms with Gasteiger partial charge in [0.25, 0.3) is 0 Å². The molecule has 0 bridgehead atoms. The summed E-state index contributed by atoms with van der Waals surface area (Å²) in [5.41, 5.74) is 10.8. The third kappa shape index (κ3) is 2.60. The van der Waals surface area contributed by atoms with Gasteiger partial charge in [-0.2, -0.15) is 0 Å². The van der Waals surface area contributed by atoms with Gasteiger partial charge in [-0.25, -0.2) is 4.21 Å². The number of carbonyl (C=O) groups excluding carboxylic acids is 2. The van der Waals surface area contributed by atoms with E-state index < -0.39 is 22.6 Å². The lowest BCUT2D eigenvalue weighted by atomic mass is 10.2. The monoisotopic (exact) mass is 288 g/mol. The first kappa shape index (κ1) is 14.0. The molecular weight excluding hydrogens is 276 g/mol. The van der Waals surface area contributed by atoms with Crippen LogP contribution in [-0.2, 0) is 10.8 Å².